The number of para-hydroxylation sites is 1. The molecule has 0 amide bonds. The van der Waals surface area contributed by atoms with Crippen LogP contribution in [0.4, 0.5) is 5.82 Å². The van der Waals surface area contributed by atoms with E-state index in [0.29, 0.717) is 17.9 Å². The van der Waals surface area contributed by atoms with Crippen LogP contribution >= 0.6 is 11.8 Å². The number of anilines is 1. The van der Waals surface area contributed by atoms with Gasteiger partial charge in [-0.1, -0.05) is 18.2 Å². The summed E-state index contributed by atoms with van der Waals surface area (Å²) in [6.45, 7) is 2.49. The van der Waals surface area contributed by atoms with Crippen molar-refractivity contribution in [2.24, 2.45) is 0 Å². The first-order chi connectivity index (χ1) is 16.1. The van der Waals surface area contributed by atoms with Crippen LogP contribution in [0.1, 0.15) is 27.7 Å². The number of rotatable bonds is 8. The molecule has 1 N–H and O–H groups in total. The van der Waals surface area contributed by atoms with Crippen molar-refractivity contribution < 1.29 is 9.53 Å². The van der Waals surface area contributed by atoms with Gasteiger partial charge in [0.05, 0.1) is 23.9 Å². The third-order valence-electron chi connectivity index (χ3n) is 5.29. The molecule has 0 aliphatic heterocycles. The number of aromatic nitrogens is 5. The molecule has 0 fully saturated rings. The Morgan fingerprint density at radius 3 is 2.70 bits per heavy atom. The number of hydrogen-bond donors (Lipinski definition) is 1. The van der Waals surface area contributed by atoms with Gasteiger partial charge in [0.25, 0.3) is 0 Å². The molecule has 0 radical (unpaired) electrons. The smallest absolute Gasteiger partial charge is 0.338 e. The van der Waals surface area contributed by atoms with E-state index in [9.17, 15) is 4.79 Å². The number of hydrogen-bond acceptors (Lipinski definition) is 9. The Bertz CT molecular complexity index is 1270. The molecule has 0 saturated heterocycles. The third kappa shape index (κ3) is 5.09. The van der Waals surface area contributed by atoms with Crippen LogP contribution in [-0.4, -0.2) is 56.6 Å². The number of carbonyl (C=O) groups excluding carboxylic acids is 1. The number of nitrogens with zero attached hydrogens (tertiary/aromatic N) is 5. The summed E-state index contributed by atoms with van der Waals surface area (Å²) in [7, 11) is 1.39. The van der Waals surface area contributed by atoms with E-state index in [2.05, 4.69) is 42.6 Å². The minimum absolute atomic E-state index is 0.144. The van der Waals surface area contributed by atoms with Crippen molar-refractivity contribution in [1.82, 2.24) is 24.9 Å². The maximum atomic E-state index is 12.2. The van der Waals surface area contributed by atoms with Gasteiger partial charge in [-0.15, -0.1) is 0 Å². The average molecular weight is 461 g/mol. The Hall–Kier alpha value is -3.59. The molecule has 8 nitrogen and oxygen atoms in total. The zero-order valence-corrected chi connectivity index (χ0v) is 19.5. The molecule has 4 aromatic rings. The highest BCUT2D eigenvalue weighted by Gasteiger charge is 2.18. The summed E-state index contributed by atoms with van der Waals surface area (Å²) in [6, 6.07) is 9.51. The molecule has 0 saturated carbocycles. The van der Waals surface area contributed by atoms with Crippen LogP contribution in [0.2, 0.25) is 0 Å². The van der Waals surface area contributed by atoms with Crippen molar-refractivity contribution in [3.05, 3.63) is 72.2 Å². The van der Waals surface area contributed by atoms with Crippen molar-refractivity contribution in [3.63, 3.8) is 0 Å². The van der Waals surface area contributed by atoms with Crippen LogP contribution in [0.25, 0.3) is 22.2 Å². The van der Waals surface area contributed by atoms with Gasteiger partial charge >= 0.3 is 5.97 Å². The number of carbonyl (C=O) groups is 1. The number of methoxy groups -OCH3 is 1. The summed E-state index contributed by atoms with van der Waals surface area (Å²) in [4.78, 5) is 34.0. The van der Waals surface area contributed by atoms with Gasteiger partial charge in [-0.05, 0) is 24.8 Å². The van der Waals surface area contributed by atoms with Crippen LogP contribution in [0, 0.1) is 6.92 Å². The van der Waals surface area contributed by atoms with E-state index < -0.39 is 0 Å². The highest BCUT2D eigenvalue weighted by Crippen LogP contribution is 2.29. The molecule has 33 heavy (non-hydrogen) atoms. The Labute approximate surface area is 196 Å². The van der Waals surface area contributed by atoms with Crippen LogP contribution in [0.3, 0.4) is 0 Å². The lowest BCUT2D eigenvalue weighted by Crippen LogP contribution is -2.16. The molecule has 3 heterocycles. The molecule has 9 heteroatoms. The zero-order chi connectivity index (χ0) is 23.2. The number of nitrogens with one attached hydrogen (secondary N) is 1. The zero-order valence-electron chi connectivity index (χ0n) is 18.6. The number of benzene rings is 1. The van der Waals surface area contributed by atoms with Crippen molar-refractivity contribution in [1.29, 1.82) is 0 Å². The molecule has 0 aliphatic rings. The second-order valence-corrected chi connectivity index (χ2v) is 8.34. The van der Waals surface area contributed by atoms with Crippen molar-refractivity contribution in [2.75, 3.05) is 31.0 Å². The van der Waals surface area contributed by atoms with Gasteiger partial charge in [0.15, 0.2) is 0 Å². The summed E-state index contributed by atoms with van der Waals surface area (Å²) in [5.74, 6) is 2.08. The number of esters is 1. The average Bonchev–Trinajstić information content (AvgIpc) is 2.86. The summed E-state index contributed by atoms with van der Waals surface area (Å²) in [6.07, 6.45) is 8.77. The van der Waals surface area contributed by atoms with E-state index in [0.717, 1.165) is 39.3 Å². The summed E-state index contributed by atoms with van der Waals surface area (Å²) in [5, 5.41) is 4.23. The van der Waals surface area contributed by atoms with E-state index in [1.165, 1.54) is 13.4 Å². The number of fused-ring (bicyclic) bond motifs is 1. The quantitative estimate of drug-likeness (QED) is 0.389. The molecule has 3 aromatic heterocycles. The second-order valence-electron chi connectivity index (χ2n) is 7.43. The van der Waals surface area contributed by atoms with Gasteiger partial charge in [0, 0.05) is 53.8 Å². The highest BCUT2D eigenvalue weighted by molar-refractivity contribution is 7.98. The lowest BCUT2D eigenvalue weighted by molar-refractivity contribution is 0.0603. The fourth-order valence-corrected chi connectivity index (χ4v) is 4.34. The predicted molar refractivity (Wildman–Crippen MR) is 130 cm³/mol. The minimum atomic E-state index is -0.368. The lowest BCUT2D eigenvalue weighted by Gasteiger charge is -2.19. The Morgan fingerprint density at radius 1 is 1.12 bits per heavy atom. The maximum absolute atomic E-state index is 12.2. The largest absolute Gasteiger partial charge is 0.465 e. The van der Waals surface area contributed by atoms with Gasteiger partial charge in [-0.2, -0.15) is 11.8 Å². The molecule has 0 spiro atoms. The molecular formula is C24H24N6O2S. The molecule has 1 atom stereocenters. The number of aryl methyl sites for hydroxylation is 1. The van der Waals surface area contributed by atoms with Crippen LogP contribution in [0.5, 0.6) is 0 Å². The molecule has 0 aliphatic carbocycles. The van der Waals surface area contributed by atoms with Gasteiger partial charge in [0.2, 0.25) is 0 Å². The SMILES string of the molecule is COC(=O)c1ccnc2c(C(CNc3cc(-c4cnc(C)nc4)ncn3)CSC)cccc12. The van der Waals surface area contributed by atoms with E-state index in [1.807, 2.05) is 25.1 Å². The lowest BCUT2D eigenvalue weighted by atomic mass is 9.96. The van der Waals surface area contributed by atoms with Gasteiger partial charge < -0.3 is 10.1 Å². The summed E-state index contributed by atoms with van der Waals surface area (Å²) >= 11 is 1.76. The van der Waals surface area contributed by atoms with E-state index in [4.69, 9.17) is 4.74 Å². The third-order valence-corrected chi connectivity index (χ3v) is 6.02. The fourth-order valence-electron chi connectivity index (χ4n) is 3.64. The van der Waals surface area contributed by atoms with Crippen molar-refractivity contribution >= 4 is 34.5 Å². The Morgan fingerprint density at radius 2 is 1.94 bits per heavy atom. The highest BCUT2D eigenvalue weighted by atomic mass is 32.2. The molecule has 168 valence electrons. The van der Waals surface area contributed by atoms with Crippen molar-refractivity contribution in [2.45, 2.75) is 12.8 Å². The first kappa shape index (κ1) is 22.6. The summed E-state index contributed by atoms with van der Waals surface area (Å²) < 4.78 is 4.95. The van der Waals surface area contributed by atoms with Gasteiger partial charge in [-0.3, -0.25) is 4.98 Å². The minimum Gasteiger partial charge on any atom is -0.465 e. The fraction of sp³-hybridized carbons (Fsp3) is 0.250. The Balaban J connectivity index is 1.61. The molecule has 1 unspecified atom stereocenters. The van der Waals surface area contributed by atoms with E-state index >= 15 is 0 Å². The number of ether oxygens (including phenoxy) is 1. The molecule has 1 aromatic carbocycles. The molecular weight excluding hydrogens is 436 g/mol. The molecule has 4 rings (SSSR count). The van der Waals surface area contributed by atoms with Crippen LogP contribution in [0.15, 0.2) is 55.2 Å². The van der Waals surface area contributed by atoms with Crippen LogP contribution < -0.4 is 5.32 Å². The number of thioether (sulfide) groups is 1. The van der Waals surface area contributed by atoms with Gasteiger partial charge in [0.1, 0.15) is 18.0 Å². The predicted octanol–water partition coefficient (Wildman–Crippen LogP) is 4.14. The number of pyridine rings is 1. The van der Waals surface area contributed by atoms with E-state index in [1.54, 1.807) is 36.4 Å². The van der Waals surface area contributed by atoms with Crippen molar-refractivity contribution in [3.8, 4) is 11.3 Å². The first-order valence-electron chi connectivity index (χ1n) is 10.4. The van der Waals surface area contributed by atoms with E-state index in [-0.39, 0.29) is 11.9 Å². The molecule has 0 bridgehead atoms. The topological polar surface area (TPSA) is 103 Å². The second kappa shape index (κ2) is 10.4. The summed E-state index contributed by atoms with van der Waals surface area (Å²) in [5.41, 5.74) is 3.98. The monoisotopic (exact) mass is 460 g/mol. The first-order valence-corrected chi connectivity index (χ1v) is 11.8. The maximum Gasteiger partial charge on any atom is 0.338 e. The van der Waals surface area contributed by atoms with Gasteiger partial charge in [-0.25, -0.2) is 24.7 Å². The standard InChI is InChI=1S/C24H24N6O2S/c1-15-26-10-16(11-27-15)21-9-22(30-14-29-21)28-12-17(13-33-3)18-5-4-6-19-20(24(31)32-2)7-8-25-23(18)19/h4-11,14,17H,12-13H2,1-3H3,(H,28,29,30). The Kier molecular flexibility index (Phi) is 7.09. The normalized spacial score (nSPS) is 11.8. The van der Waals surface area contributed by atoms with Crippen LogP contribution in [-0.2, 0) is 4.74 Å².